The van der Waals surface area contributed by atoms with E-state index in [1.165, 1.54) is 5.56 Å². The van der Waals surface area contributed by atoms with E-state index in [0.29, 0.717) is 0 Å². The van der Waals surface area contributed by atoms with Gasteiger partial charge in [-0.05, 0) is 56.4 Å². The van der Waals surface area contributed by atoms with Gasteiger partial charge in [-0.3, -0.25) is 4.79 Å². The monoisotopic (exact) mass is 277 g/mol. The summed E-state index contributed by atoms with van der Waals surface area (Å²) in [6, 6.07) is 5.93. The molecule has 1 atom stereocenters. The van der Waals surface area contributed by atoms with Crippen molar-refractivity contribution in [3.8, 4) is 5.75 Å². The summed E-state index contributed by atoms with van der Waals surface area (Å²) in [5.41, 5.74) is 7.48. The highest BCUT2D eigenvalue weighted by Crippen LogP contribution is 2.47. The molecule has 20 heavy (non-hydrogen) atoms. The molecule has 0 radical (unpaired) electrons. The van der Waals surface area contributed by atoms with Crippen LogP contribution >= 0.6 is 0 Å². The van der Waals surface area contributed by atoms with Crippen molar-refractivity contribution in [3.63, 3.8) is 0 Å². The molecule has 2 rings (SSSR count). The van der Waals surface area contributed by atoms with Crippen LogP contribution in [0, 0.1) is 0 Å². The second-order valence-electron chi connectivity index (χ2n) is 6.25. The number of hydrogen-bond acceptors (Lipinski definition) is 3. The van der Waals surface area contributed by atoms with E-state index < -0.39 is 16.9 Å². The van der Waals surface area contributed by atoms with Gasteiger partial charge in [0.1, 0.15) is 5.75 Å². The third-order valence-electron chi connectivity index (χ3n) is 4.57. The third-order valence-corrected chi connectivity index (χ3v) is 4.57. The lowest BCUT2D eigenvalue weighted by atomic mass is 9.59. The van der Waals surface area contributed by atoms with Crippen LogP contribution in [0.1, 0.15) is 44.2 Å². The van der Waals surface area contributed by atoms with Crippen LogP contribution in [0.5, 0.6) is 5.75 Å². The summed E-state index contributed by atoms with van der Waals surface area (Å²) >= 11 is 0. The van der Waals surface area contributed by atoms with Crippen LogP contribution in [0.25, 0.3) is 0 Å². The van der Waals surface area contributed by atoms with Crippen LogP contribution in [0.4, 0.5) is 0 Å². The second kappa shape index (κ2) is 5.09. The van der Waals surface area contributed by atoms with E-state index in [1.54, 1.807) is 7.11 Å². The highest BCUT2D eigenvalue weighted by molar-refractivity contribution is 5.70. The molecule has 0 aromatic heterocycles. The molecule has 3 N–H and O–H groups in total. The quantitative estimate of drug-likeness (QED) is 0.887. The predicted octanol–water partition coefficient (Wildman–Crippen LogP) is 2.48. The normalized spacial score (nSPS) is 22.2. The van der Waals surface area contributed by atoms with Gasteiger partial charge in [-0.15, -0.1) is 0 Å². The van der Waals surface area contributed by atoms with E-state index in [9.17, 15) is 9.90 Å². The molecule has 1 aromatic carbocycles. The number of aryl methyl sites for hydroxylation is 1. The van der Waals surface area contributed by atoms with E-state index in [1.807, 2.05) is 32.0 Å². The van der Waals surface area contributed by atoms with Gasteiger partial charge in [-0.25, -0.2) is 0 Å². The van der Waals surface area contributed by atoms with Crippen molar-refractivity contribution in [2.75, 3.05) is 7.11 Å². The number of benzene rings is 1. The van der Waals surface area contributed by atoms with Gasteiger partial charge in [0.2, 0.25) is 0 Å². The van der Waals surface area contributed by atoms with Crippen LogP contribution < -0.4 is 10.5 Å². The lowest BCUT2D eigenvalue weighted by molar-refractivity contribution is -0.139. The first-order valence-corrected chi connectivity index (χ1v) is 6.98. The lowest BCUT2D eigenvalue weighted by Crippen LogP contribution is -2.56. The zero-order valence-corrected chi connectivity index (χ0v) is 12.4. The summed E-state index contributed by atoms with van der Waals surface area (Å²) in [5, 5.41) is 9.36. The molecule has 1 aliphatic carbocycles. The lowest BCUT2D eigenvalue weighted by Gasteiger charge is -2.47. The van der Waals surface area contributed by atoms with Crippen molar-refractivity contribution in [3.05, 3.63) is 29.3 Å². The van der Waals surface area contributed by atoms with E-state index in [4.69, 9.17) is 10.5 Å². The van der Waals surface area contributed by atoms with Crippen LogP contribution in [0.3, 0.4) is 0 Å². The number of ether oxygens (including phenoxy) is 1. The second-order valence-corrected chi connectivity index (χ2v) is 6.25. The Hall–Kier alpha value is -1.55. The minimum atomic E-state index is -0.806. The Labute approximate surface area is 119 Å². The van der Waals surface area contributed by atoms with Crippen LogP contribution in [-0.2, 0) is 16.6 Å². The van der Waals surface area contributed by atoms with Crippen LogP contribution in [0.2, 0.25) is 0 Å². The van der Waals surface area contributed by atoms with Crippen molar-refractivity contribution in [2.24, 2.45) is 5.73 Å². The maximum Gasteiger partial charge on any atom is 0.304 e. The van der Waals surface area contributed by atoms with Gasteiger partial charge in [0, 0.05) is 11.0 Å². The summed E-state index contributed by atoms with van der Waals surface area (Å²) in [6.45, 7) is 3.84. The number of hydrogen-bond donors (Lipinski definition) is 2. The van der Waals surface area contributed by atoms with Gasteiger partial charge in [0.25, 0.3) is 0 Å². The maximum atomic E-state index is 11.4. The third kappa shape index (κ3) is 2.40. The Morgan fingerprint density at radius 2 is 2.20 bits per heavy atom. The Bertz CT molecular complexity index is 519. The van der Waals surface area contributed by atoms with Crippen molar-refractivity contribution in [2.45, 2.75) is 50.5 Å². The zero-order valence-electron chi connectivity index (χ0n) is 12.4. The first-order chi connectivity index (χ1) is 9.30. The number of carboxylic acids is 1. The number of fused-ring (bicyclic) bond motifs is 1. The molecule has 0 fully saturated rings. The number of carbonyl (C=O) groups is 1. The van der Waals surface area contributed by atoms with Crippen LogP contribution in [-0.4, -0.2) is 23.7 Å². The Morgan fingerprint density at radius 1 is 1.50 bits per heavy atom. The fourth-order valence-electron chi connectivity index (χ4n) is 3.40. The fourth-order valence-corrected chi connectivity index (χ4v) is 3.40. The standard InChI is InChI=1S/C16H23NO3/c1-15(2,17)16(10-14(18)19)8-4-5-11-6-7-12(20-3)9-13(11)16/h6-7,9H,4-5,8,10,17H2,1-3H3,(H,18,19). The van der Waals surface area contributed by atoms with Crippen molar-refractivity contribution < 1.29 is 14.6 Å². The molecule has 4 nitrogen and oxygen atoms in total. The number of carboxylic acid groups (broad SMARTS) is 1. The molecule has 4 heteroatoms. The number of rotatable bonds is 4. The molecule has 1 aromatic rings. The first-order valence-electron chi connectivity index (χ1n) is 6.98. The van der Waals surface area contributed by atoms with E-state index in [0.717, 1.165) is 30.6 Å². The van der Waals surface area contributed by atoms with Crippen molar-refractivity contribution in [1.29, 1.82) is 0 Å². The van der Waals surface area contributed by atoms with Crippen LogP contribution in [0.15, 0.2) is 18.2 Å². The number of aliphatic carboxylic acids is 1. The molecular formula is C16H23NO3. The fraction of sp³-hybridized carbons (Fsp3) is 0.562. The average molecular weight is 277 g/mol. The summed E-state index contributed by atoms with van der Waals surface area (Å²) in [5.74, 6) is -0.0520. The number of nitrogens with two attached hydrogens (primary N) is 1. The van der Waals surface area contributed by atoms with Gasteiger partial charge in [0.05, 0.1) is 13.5 Å². The Balaban J connectivity index is 2.63. The van der Waals surface area contributed by atoms with Gasteiger partial charge in [-0.1, -0.05) is 6.07 Å². The minimum Gasteiger partial charge on any atom is -0.497 e. The Morgan fingerprint density at radius 3 is 2.75 bits per heavy atom. The smallest absolute Gasteiger partial charge is 0.304 e. The SMILES string of the molecule is COc1ccc2c(c1)C(CC(=O)O)(C(C)(C)N)CCC2. The molecule has 0 spiro atoms. The topological polar surface area (TPSA) is 72.5 Å². The summed E-state index contributed by atoms with van der Waals surface area (Å²) in [7, 11) is 1.62. The summed E-state index contributed by atoms with van der Waals surface area (Å²) < 4.78 is 5.30. The molecule has 110 valence electrons. The molecule has 0 saturated carbocycles. The average Bonchev–Trinajstić information content (AvgIpc) is 2.36. The van der Waals surface area contributed by atoms with Gasteiger partial charge in [0.15, 0.2) is 0 Å². The number of methoxy groups -OCH3 is 1. The van der Waals surface area contributed by atoms with Gasteiger partial charge < -0.3 is 15.6 Å². The molecule has 0 amide bonds. The molecule has 0 aliphatic heterocycles. The van der Waals surface area contributed by atoms with Gasteiger partial charge >= 0.3 is 5.97 Å². The maximum absolute atomic E-state index is 11.4. The molecule has 1 unspecified atom stereocenters. The zero-order chi connectivity index (χ0) is 15.0. The summed E-state index contributed by atoms with van der Waals surface area (Å²) in [6.07, 6.45) is 2.78. The van der Waals surface area contributed by atoms with Gasteiger partial charge in [-0.2, -0.15) is 0 Å². The highest BCUT2D eigenvalue weighted by atomic mass is 16.5. The van der Waals surface area contributed by atoms with Crippen molar-refractivity contribution >= 4 is 5.97 Å². The van der Waals surface area contributed by atoms with E-state index in [-0.39, 0.29) is 6.42 Å². The largest absolute Gasteiger partial charge is 0.497 e. The van der Waals surface area contributed by atoms with E-state index in [2.05, 4.69) is 0 Å². The minimum absolute atomic E-state index is 0.0522. The molecule has 0 heterocycles. The van der Waals surface area contributed by atoms with Crippen molar-refractivity contribution in [1.82, 2.24) is 0 Å². The molecule has 0 bridgehead atoms. The predicted molar refractivity (Wildman–Crippen MR) is 78.1 cm³/mol. The molecule has 1 aliphatic rings. The first kappa shape index (κ1) is 14.9. The summed E-state index contributed by atoms with van der Waals surface area (Å²) in [4.78, 5) is 11.4. The molecule has 0 saturated heterocycles. The van der Waals surface area contributed by atoms with E-state index >= 15 is 0 Å². The molecular weight excluding hydrogens is 254 g/mol. The highest BCUT2D eigenvalue weighted by Gasteiger charge is 2.48. The Kier molecular flexibility index (Phi) is 3.78.